The van der Waals surface area contributed by atoms with E-state index in [0.29, 0.717) is 10.8 Å². The molecule has 10 rings (SSSR count). The Kier molecular flexibility index (Phi) is 3.92. The minimum Gasteiger partial charge on any atom is -0.0622 e. The van der Waals surface area contributed by atoms with Gasteiger partial charge in [0.05, 0.1) is 0 Å². The molecule has 2 aromatic rings. The summed E-state index contributed by atoms with van der Waals surface area (Å²) in [5.41, 5.74) is 7.99. The summed E-state index contributed by atoms with van der Waals surface area (Å²) >= 11 is 0. The first-order valence-corrected chi connectivity index (χ1v) is 14.2. The van der Waals surface area contributed by atoms with Gasteiger partial charge in [0.2, 0.25) is 0 Å². The van der Waals surface area contributed by atoms with Crippen LogP contribution in [0, 0.1) is 47.3 Å². The molecule has 0 aromatic heterocycles. The normalized spacial score (nSPS) is 46.8. The third-order valence-corrected chi connectivity index (χ3v) is 12.1. The van der Waals surface area contributed by atoms with Crippen molar-refractivity contribution in [3.05, 3.63) is 59.7 Å². The number of benzene rings is 2. The lowest BCUT2D eigenvalue weighted by Gasteiger charge is -2.72. The van der Waals surface area contributed by atoms with Crippen LogP contribution in [0.3, 0.4) is 0 Å². The summed E-state index contributed by atoms with van der Waals surface area (Å²) in [6, 6.07) is 18.6. The average Bonchev–Trinajstić information content (AvgIpc) is 2.78. The quantitative estimate of drug-likeness (QED) is 0.451. The maximum absolute atomic E-state index is 2.64. The summed E-state index contributed by atoms with van der Waals surface area (Å²) < 4.78 is 0. The zero-order valence-corrected chi connectivity index (χ0v) is 20.5. The zero-order chi connectivity index (χ0) is 21.8. The molecule has 8 fully saturated rings. The first-order valence-electron chi connectivity index (χ1n) is 14.2. The van der Waals surface area contributed by atoms with Crippen molar-refractivity contribution in [3.63, 3.8) is 0 Å². The van der Waals surface area contributed by atoms with E-state index in [1.807, 2.05) is 0 Å². The van der Waals surface area contributed by atoms with Crippen LogP contribution in [0.5, 0.6) is 0 Å². The van der Waals surface area contributed by atoms with Crippen molar-refractivity contribution < 1.29 is 0 Å². The lowest BCUT2D eigenvalue weighted by atomic mass is 9.32. The van der Waals surface area contributed by atoms with Crippen molar-refractivity contribution in [1.82, 2.24) is 0 Å². The van der Waals surface area contributed by atoms with E-state index in [-0.39, 0.29) is 0 Å². The zero-order valence-electron chi connectivity index (χ0n) is 20.5. The Bertz CT molecular complexity index is 1040. The minimum atomic E-state index is 0.461. The van der Waals surface area contributed by atoms with Gasteiger partial charge in [0.15, 0.2) is 0 Å². The Balaban J connectivity index is 1.24. The Hall–Kier alpha value is -1.56. The van der Waals surface area contributed by atoms with Crippen LogP contribution in [0.15, 0.2) is 48.5 Å². The predicted molar refractivity (Wildman–Crippen MR) is 136 cm³/mol. The first-order chi connectivity index (χ1) is 16.0. The molecule has 2 atom stereocenters. The van der Waals surface area contributed by atoms with E-state index >= 15 is 0 Å². The SMILES string of the molecule is Cc1ccc(-c2ccccc2)cc1C12CC3CC(C1)CC(C14CC5CC(CC(C5)C1)C4)(C3)C2. The van der Waals surface area contributed by atoms with Gasteiger partial charge in [0, 0.05) is 0 Å². The fourth-order valence-corrected chi connectivity index (χ4v) is 12.0. The average molecular weight is 437 g/mol. The van der Waals surface area contributed by atoms with Gasteiger partial charge < -0.3 is 0 Å². The molecule has 2 unspecified atom stereocenters. The Morgan fingerprint density at radius 3 is 1.79 bits per heavy atom. The number of aryl methyl sites for hydroxylation is 1. The van der Waals surface area contributed by atoms with Crippen LogP contribution in [-0.4, -0.2) is 0 Å². The van der Waals surface area contributed by atoms with Crippen molar-refractivity contribution in [2.75, 3.05) is 0 Å². The van der Waals surface area contributed by atoms with E-state index in [1.54, 1.807) is 68.9 Å². The van der Waals surface area contributed by atoms with Gasteiger partial charge >= 0.3 is 0 Å². The summed E-state index contributed by atoms with van der Waals surface area (Å²) in [6.07, 6.45) is 18.8. The molecule has 0 radical (unpaired) electrons. The fourth-order valence-electron chi connectivity index (χ4n) is 12.0. The first kappa shape index (κ1) is 19.7. The molecule has 8 aliphatic rings. The number of rotatable bonds is 3. The molecule has 172 valence electrons. The van der Waals surface area contributed by atoms with Gasteiger partial charge in [-0.15, -0.1) is 0 Å². The second-order valence-electron chi connectivity index (χ2n) is 14.1. The van der Waals surface area contributed by atoms with E-state index in [4.69, 9.17) is 0 Å². The highest BCUT2D eigenvalue weighted by atomic mass is 14.7. The molecule has 0 aliphatic heterocycles. The highest BCUT2D eigenvalue weighted by Gasteiger charge is 2.67. The lowest BCUT2D eigenvalue weighted by Crippen LogP contribution is -2.63. The molecule has 0 spiro atoms. The lowest BCUT2D eigenvalue weighted by molar-refractivity contribution is -0.206. The van der Waals surface area contributed by atoms with Crippen LogP contribution in [0.2, 0.25) is 0 Å². The second-order valence-corrected chi connectivity index (χ2v) is 14.1. The number of hydrogen-bond donors (Lipinski definition) is 0. The molecule has 0 nitrogen and oxygen atoms in total. The predicted octanol–water partition coefficient (Wildman–Crippen LogP) is 8.72. The Morgan fingerprint density at radius 1 is 0.576 bits per heavy atom. The van der Waals surface area contributed by atoms with Crippen LogP contribution in [0.4, 0.5) is 0 Å². The van der Waals surface area contributed by atoms with Gasteiger partial charge in [-0.1, -0.05) is 48.5 Å². The standard InChI is InChI=1S/C33H40/c1-22-7-8-29(28-5-3-2-4-6-28)13-30(22)31-14-26-12-27(15-31)20-33(19-26,21-31)32-16-23-9-24(17-32)11-25(10-23)18-32/h2-8,13,23-27H,9-12,14-21H2,1H3. The van der Waals surface area contributed by atoms with E-state index in [0.717, 1.165) is 35.0 Å². The van der Waals surface area contributed by atoms with Crippen LogP contribution >= 0.6 is 0 Å². The monoisotopic (exact) mass is 436 g/mol. The molecule has 33 heavy (non-hydrogen) atoms. The maximum atomic E-state index is 2.64. The van der Waals surface area contributed by atoms with Gasteiger partial charge in [-0.3, -0.25) is 0 Å². The molecule has 0 amide bonds. The molecular weight excluding hydrogens is 396 g/mol. The second kappa shape index (κ2) is 6.56. The van der Waals surface area contributed by atoms with E-state index in [9.17, 15) is 0 Å². The smallest absolute Gasteiger partial charge is 0.00334 e. The highest BCUT2D eigenvalue weighted by molar-refractivity contribution is 5.65. The maximum Gasteiger partial charge on any atom is -0.00334 e. The van der Waals surface area contributed by atoms with Gasteiger partial charge in [-0.25, -0.2) is 0 Å². The highest BCUT2D eigenvalue weighted by Crippen LogP contribution is 2.77. The largest absolute Gasteiger partial charge is 0.0622 e. The van der Waals surface area contributed by atoms with Crippen molar-refractivity contribution in [1.29, 1.82) is 0 Å². The summed E-state index contributed by atoms with van der Waals surface area (Å²) in [4.78, 5) is 0. The van der Waals surface area contributed by atoms with Crippen LogP contribution in [0.1, 0.15) is 88.2 Å². The summed E-state index contributed by atoms with van der Waals surface area (Å²) in [5.74, 6) is 5.26. The molecule has 0 saturated heterocycles. The molecule has 2 aromatic carbocycles. The molecule has 0 N–H and O–H groups in total. The van der Waals surface area contributed by atoms with Crippen molar-refractivity contribution >= 4 is 0 Å². The van der Waals surface area contributed by atoms with Crippen molar-refractivity contribution in [3.8, 4) is 11.1 Å². The molecule has 0 heterocycles. The molecular formula is C33H40. The van der Waals surface area contributed by atoms with Crippen molar-refractivity contribution in [2.45, 2.75) is 89.4 Å². The summed E-state index contributed by atoms with van der Waals surface area (Å²) in [6.45, 7) is 2.42. The van der Waals surface area contributed by atoms with Crippen LogP contribution < -0.4 is 0 Å². The van der Waals surface area contributed by atoms with Crippen molar-refractivity contribution in [2.24, 2.45) is 40.4 Å². The molecule has 8 bridgehead atoms. The van der Waals surface area contributed by atoms with Gasteiger partial charge in [-0.05, 0) is 152 Å². The van der Waals surface area contributed by atoms with E-state index < -0.39 is 0 Å². The Labute approximate surface area is 200 Å². The van der Waals surface area contributed by atoms with E-state index in [2.05, 4.69) is 55.5 Å². The fraction of sp³-hybridized carbons (Fsp3) is 0.636. The van der Waals surface area contributed by atoms with Crippen LogP contribution in [-0.2, 0) is 5.41 Å². The van der Waals surface area contributed by atoms with Gasteiger partial charge in [0.1, 0.15) is 0 Å². The number of hydrogen-bond acceptors (Lipinski definition) is 0. The Morgan fingerprint density at radius 2 is 1.15 bits per heavy atom. The molecule has 8 saturated carbocycles. The van der Waals surface area contributed by atoms with Crippen LogP contribution in [0.25, 0.3) is 11.1 Å². The third-order valence-electron chi connectivity index (χ3n) is 12.1. The minimum absolute atomic E-state index is 0.461. The topological polar surface area (TPSA) is 0 Å². The molecule has 8 aliphatic carbocycles. The summed E-state index contributed by atoms with van der Waals surface area (Å²) in [7, 11) is 0. The van der Waals surface area contributed by atoms with E-state index in [1.165, 1.54) is 30.4 Å². The van der Waals surface area contributed by atoms with Gasteiger partial charge in [0.25, 0.3) is 0 Å². The van der Waals surface area contributed by atoms with Gasteiger partial charge in [-0.2, -0.15) is 0 Å². The summed E-state index contributed by atoms with van der Waals surface area (Å²) in [5, 5.41) is 0. The third kappa shape index (κ3) is 2.70. The molecule has 0 heteroatoms.